The van der Waals surface area contributed by atoms with Gasteiger partial charge in [-0.05, 0) is 44.7 Å². The Balaban J connectivity index is 1.79. The Hall–Kier alpha value is -0.420. The molecule has 1 aromatic heterocycles. The van der Waals surface area contributed by atoms with E-state index in [9.17, 15) is 5.11 Å². The van der Waals surface area contributed by atoms with Crippen LogP contribution in [-0.2, 0) is 0 Å². The van der Waals surface area contributed by atoms with Gasteiger partial charge in [0.05, 0.1) is 12.1 Å². The number of nitrogens with two attached hydrogens (primary N) is 1. The highest BCUT2D eigenvalue weighted by atomic mass is 32.1. The molecule has 0 amide bonds. The van der Waals surface area contributed by atoms with Crippen molar-refractivity contribution < 1.29 is 5.11 Å². The number of nitrogens with zero attached hydrogens (tertiary/aromatic N) is 1. The quantitative estimate of drug-likeness (QED) is 0.892. The fraction of sp³-hybridized carbons (Fsp3) is 0.733. The summed E-state index contributed by atoms with van der Waals surface area (Å²) in [4.78, 5) is 5.23. The van der Waals surface area contributed by atoms with Crippen LogP contribution in [0.15, 0.2) is 12.1 Å². The Bertz CT molecular complexity index is 445. The number of thiophene rings is 1. The zero-order valence-electron chi connectivity index (χ0n) is 11.7. The molecule has 19 heavy (non-hydrogen) atoms. The van der Waals surface area contributed by atoms with E-state index >= 15 is 0 Å². The van der Waals surface area contributed by atoms with Crippen LogP contribution < -0.4 is 5.73 Å². The molecule has 1 aromatic rings. The van der Waals surface area contributed by atoms with Gasteiger partial charge in [-0.1, -0.05) is 0 Å². The molecule has 0 spiro atoms. The van der Waals surface area contributed by atoms with Gasteiger partial charge in [-0.2, -0.15) is 0 Å². The molecular weight excluding hydrogens is 256 g/mol. The maximum absolute atomic E-state index is 10.1. The first-order chi connectivity index (χ1) is 9.06. The fourth-order valence-corrected chi connectivity index (χ4v) is 5.01. The van der Waals surface area contributed by atoms with Gasteiger partial charge < -0.3 is 10.8 Å². The van der Waals surface area contributed by atoms with Gasteiger partial charge in [0.15, 0.2) is 0 Å². The largest absolute Gasteiger partial charge is 0.393 e. The van der Waals surface area contributed by atoms with Gasteiger partial charge in [-0.15, -0.1) is 11.3 Å². The number of likely N-dealkylation sites (tertiary alicyclic amines) is 1. The first kappa shape index (κ1) is 13.6. The van der Waals surface area contributed by atoms with E-state index in [2.05, 4.69) is 30.9 Å². The average molecular weight is 280 g/mol. The number of aryl methyl sites for hydroxylation is 1. The molecule has 0 bridgehead atoms. The predicted molar refractivity (Wildman–Crippen MR) is 79.2 cm³/mol. The summed E-state index contributed by atoms with van der Waals surface area (Å²) in [5.74, 6) is 1.15. The van der Waals surface area contributed by atoms with E-state index < -0.39 is 0 Å². The lowest BCUT2D eigenvalue weighted by atomic mass is 10.00. The van der Waals surface area contributed by atoms with Crippen LogP contribution >= 0.6 is 11.3 Å². The molecule has 2 aliphatic rings. The number of rotatable bonds is 3. The first-order valence-electron chi connectivity index (χ1n) is 7.30. The molecule has 2 fully saturated rings. The topological polar surface area (TPSA) is 49.5 Å². The minimum absolute atomic E-state index is 0.0891. The van der Waals surface area contributed by atoms with Crippen molar-refractivity contribution in [2.75, 3.05) is 13.1 Å². The third kappa shape index (κ3) is 2.47. The van der Waals surface area contributed by atoms with E-state index in [0.29, 0.717) is 17.9 Å². The van der Waals surface area contributed by atoms with Crippen LogP contribution in [0.4, 0.5) is 0 Å². The third-order valence-corrected chi connectivity index (χ3v) is 5.86. The molecule has 2 heterocycles. The summed E-state index contributed by atoms with van der Waals surface area (Å²) >= 11 is 1.86. The van der Waals surface area contributed by atoms with Crippen molar-refractivity contribution >= 4 is 11.3 Å². The third-order valence-electron chi connectivity index (χ3n) is 4.79. The Morgan fingerprint density at radius 2 is 2.16 bits per heavy atom. The van der Waals surface area contributed by atoms with Crippen molar-refractivity contribution in [3.8, 4) is 0 Å². The minimum atomic E-state index is -0.0891. The summed E-state index contributed by atoms with van der Waals surface area (Å²) < 4.78 is 0. The van der Waals surface area contributed by atoms with Crippen molar-refractivity contribution in [1.29, 1.82) is 0 Å². The molecule has 4 heteroatoms. The summed E-state index contributed by atoms with van der Waals surface area (Å²) in [7, 11) is 0. The van der Waals surface area contributed by atoms with E-state index in [1.165, 1.54) is 16.2 Å². The summed E-state index contributed by atoms with van der Waals surface area (Å²) in [6, 6.07) is 4.85. The fourth-order valence-electron chi connectivity index (χ4n) is 3.88. The highest BCUT2D eigenvalue weighted by Gasteiger charge is 2.44. The molecule has 106 valence electrons. The smallest absolute Gasteiger partial charge is 0.0591 e. The van der Waals surface area contributed by atoms with E-state index in [1.54, 1.807) is 0 Å². The lowest BCUT2D eigenvalue weighted by Gasteiger charge is -2.31. The second-order valence-corrected chi connectivity index (χ2v) is 7.59. The lowest BCUT2D eigenvalue weighted by Crippen LogP contribution is -2.38. The van der Waals surface area contributed by atoms with Gasteiger partial charge in [0.2, 0.25) is 0 Å². The monoisotopic (exact) mass is 280 g/mol. The van der Waals surface area contributed by atoms with Gasteiger partial charge in [-0.3, -0.25) is 4.90 Å². The van der Waals surface area contributed by atoms with Crippen LogP contribution in [0.1, 0.15) is 35.6 Å². The Labute approximate surface area is 119 Å². The van der Waals surface area contributed by atoms with Gasteiger partial charge in [0, 0.05) is 34.8 Å². The molecule has 3 nitrogen and oxygen atoms in total. The second-order valence-electron chi connectivity index (χ2n) is 6.27. The van der Waals surface area contributed by atoms with E-state index in [1.807, 2.05) is 11.3 Å². The Kier molecular flexibility index (Phi) is 3.69. The van der Waals surface area contributed by atoms with Crippen molar-refractivity contribution in [3.05, 3.63) is 21.9 Å². The number of hydrogen-bond acceptors (Lipinski definition) is 4. The number of aliphatic hydroxyl groups excluding tert-OH is 1. The van der Waals surface area contributed by atoms with Crippen molar-refractivity contribution in [3.63, 3.8) is 0 Å². The zero-order valence-corrected chi connectivity index (χ0v) is 12.6. The average Bonchev–Trinajstić information content (AvgIpc) is 2.99. The van der Waals surface area contributed by atoms with Crippen LogP contribution in [0.5, 0.6) is 0 Å². The van der Waals surface area contributed by atoms with E-state index in [0.717, 1.165) is 19.5 Å². The van der Waals surface area contributed by atoms with Gasteiger partial charge in [0.25, 0.3) is 0 Å². The first-order valence-corrected chi connectivity index (χ1v) is 8.12. The van der Waals surface area contributed by atoms with Crippen LogP contribution in [0.25, 0.3) is 0 Å². The zero-order chi connectivity index (χ0) is 13.6. The lowest BCUT2D eigenvalue weighted by molar-refractivity contribution is 0.115. The number of aliphatic hydroxyl groups is 1. The Morgan fingerprint density at radius 1 is 1.37 bits per heavy atom. The van der Waals surface area contributed by atoms with Crippen LogP contribution in [0.2, 0.25) is 0 Å². The summed E-state index contributed by atoms with van der Waals surface area (Å²) in [6.45, 7) is 6.36. The standard InChI is InChI=1S/C15H24N2OS/c1-9-3-6-14(19-9)15(10(2)16)17-7-11-4-5-13(18)12(11)8-17/h3,6,10-13,15,18H,4-5,7-8,16H2,1-2H3. The molecule has 1 aliphatic carbocycles. The van der Waals surface area contributed by atoms with Crippen molar-refractivity contribution in [2.24, 2.45) is 17.6 Å². The molecule has 1 aliphatic heterocycles. The van der Waals surface area contributed by atoms with Gasteiger partial charge in [0.1, 0.15) is 0 Å². The predicted octanol–water partition coefficient (Wildman–Crippen LogP) is 2.15. The summed E-state index contributed by atoms with van der Waals surface area (Å²) in [5.41, 5.74) is 6.25. The molecular formula is C15H24N2OS. The highest BCUT2D eigenvalue weighted by Crippen LogP contribution is 2.42. The molecule has 0 radical (unpaired) electrons. The molecule has 1 saturated heterocycles. The number of fused-ring (bicyclic) bond motifs is 1. The molecule has 5 unspecified atom stereocenters. The van der Waals surface area contributed by atoms with Crippen LogP contribution in [-0.4, -0.2) is 35.2 Å². The maximum Gasteiger partial charge on any atom is 0.0591 e. The van der Waals surface area contributed by atoms with Gasteiger partial charge >= 0.3 is 0 Å². The Morgan fingerprint density at radius 3 is 2.74 bits per heavy atom. The molecule has 3 N–H and O–H groups in total. The SMILES string of the molecule is Cc1ccc(C(C(C)N)N2CC3CCC(O)C3C2)s1. The summed E-state index contributed by atoms with van der Waals surface area (Å²) in [6.07, 6.45) is 2.08. The van der Waals surface area contributed by atoms with E-state index in [4.69, 9.17) is 5.73 Å². The summed E-state index contributed by atoms with van der Waals surface area (Å²) in [5, 5.41) is 10.1. The van der Waals surface area contributed by atoms with Crippen LogP contribution in [0, 0.1) is 18.8 Å². The number of hydrogen-bond donors (Lipinski definition) is 2. The molecule has 1 saturated carbocycles. The maximum atomic E-state index is 10.1. The molecule has 0 aromatic carbocycles. The van der Waals surface area contributed by atoms with Crippen molar-refractivity contribution in [2.45, 2.75) is 44.9 Å². The van der Waals surface area contributed by atoms with Gasteiger partial charge in [-0.25, -0.2) is 0 Å². The highest BCUT2D eigenvalue weighted by molar-refractivity contribution is 7.12. The van der Waals surface area contributed by atoms with Crippen LogP contribution in [0.3, 0.4) is 0 Å². The van der Waals surface area contributed by atoms with E-state index in [-0.39, 0.29) is 12.1 Å². The minimum Gasteiger partial charge on any atom is -0.393 e. The normalized spacial score (nSPS) is 34.4. The molecule has 5 atom stereocenters. The van der Waals surface area contributed by atoms with Crippen molar-refractivity contribution in [1.82, 2.24) is 4.90 Å². The second kappa shape index (κ2) is 5.17. The molecule has 3 rings (SSSR count).